The lowest BCUT2D eigenvalue weighted by atomic mass is 10.1. The highest BCUT2D eigenvalue weighted by Crippen LogP contribution is 2.46. The maximum absolute atomic E-state index is 6.61. The highest BCUT2D eigenvalue weighted by atomic mass is 35.5. The molecule has 1 saturated heterocycles. The van der Waals surface area contributed by atoms with Gasteiger partial charge in [-0.2, -0.15) is 0 Å². The van der Waals surface area contributed by atoms with Crippen molar-refractivity contribution in [2.45, 2.75) is 12.8 Å². The van der Waals surface area contributed by atoms with E-state index in [4.69, 9.17) is 43.4 Å². The molecule has 1 aliphatic rings. The summed E-state index contributed by atoms with van der Waals surface area (Å²) in [6, 6.07) is 5.43. The second-order valence-electron chi connectivity index (χ2n) is 6.64. The molecule has 0 bridgehead atoms. The highest BCUT2D eigenvalue weighted by Gasteiger charge is 2.23. The third kappa shape index (κ3) is 3.16. The van der Waals surface area contributed by atoms with E-state index in [0.717, 1.165) is 42.5 Å². The molecule has 2 N–H and O–H groups in total. The zero-order valence-corrected chi connectivity index (χ0v) is 17.1. The van der Waals surface area contributed by atoms with Gasteiger partial charge in [-0.3, -0.25) is 0 Å². The molecule has 1 aromatic carbocycles. The number of nitrogen functional groups attached to an aromatic ring is 1. The smallest absolute Gasteiger partial charge is 0.141 e. The summed E-state index contributed by atoms with van der Waals surface area (Å²) in [5, 5.41) is 2.64. The van der Waals surface area contributed by atoms with Crippen LogP contribution < -0.4 is 20.1 Å². The summed E-state index contributed by atoms with van der Waals surface area (Å²) in [7, 11) is 3.10. The zero-order valence-electron chi connectivity index (χ0n) is 15.6. The van der Waals surface area contributed by atoms with Crippen molar-refractivity contribution in [3.05, 3.63) is 34.4 Å². The Kier molecular flexibility index (Phi) is 5.08. The van der Waals surface area contributed by atoms with Crippen LogP contribution in [0, 0.1) is 0 Å². The Morgan fingerprint density at radius 3 is 2.25 bits per heavy atom. The molecule has 0 spiro atoms. The van der Waals surface area contributed by atoms with Gasteiger partial charge in [0, 0.05) is 41.7 Å². The molecular formula is C20H20Cl2N4O2. The maximum Gasteiger partial charge on any atom is 0.141 e. The average Bonchev–Trinajstić information content (AvgIpc) is 3.22. The third-order valence-electron chi connectivity index (χ3n) is 4.95. The molecule has 0 aliphatic carbocycles. The molecule has 0 atom stereocenters. The van der Waals surface area contributed by atoms with Crippen LogP contribution in [-0.4, -0.2) is 37.3 Å². The molecule has 2 aromatic heterocycles. The summed E-state index contributed by atoms with van der Waals surface area (Å²) < 4.78 is 10.8. The monoisotopic (exact) mass is 418 g/mol. The fraction of sp³-hybridized carbons (Fsp3) is 0.300. The summed E-state index contributed by atoms with van der Waals surface area (Å²) in [6.07, 6.45) is 4.00. The molecule has 0 radical (unpaired) electrons. The first kappa shape index (κ1) is 18.9. The van der Waals surface area contributed by atoms with Gasteiger partial charge in [0.2, 0.25) is 0 Å². The van der Waals surface area contributed by atoms with E-state index in [1.54, 1.807) is 26.5 Å². The predicted octanol–water partition coefficient (Wildman–Crippen LogP) is 4.80. The Hall–Kier alpha value is -2.44. The van der Waals surface area contributed by atoms with Gasteiger partial charge in [-0.1, -0.05) is 23.2 Å². The normalized spacial score (nSPS) is 13.9. The highest BCUT2D eigenvalue weighted by molar-refractivity contribution is 6.41. The lowest BCUT2D eigenvalue weighted by Gasteiger charge is -2.21. The van der Waals surface area contributed by atoms with Gasteiger partial charge < -0.3 is 20.1 Å². The second kappa shape index (κ2) is 7.53. The van der Waals surface area contributed by atoms with Gasteiger partial charge in [0.25, 0.3) is 0 Å². The first-order valence-corrected chi connectivity index (χ1v) is 9.70. The van der Waals surface area contributed by atoms with Crippen molar-refractivity contribution in [1.29, 1.82) is 0 Å². The van der Waals surface area contributed by atoms with E-state index in [2.05, 4.69) is 9.88 Å². The third-order valence-corrected chi connectivity index (χ3v) is 5.70. The van der Waals surface area contributed by atoms with E-state index in [1.807, 2.05) is 12.1 Å². The number of nitrogens with zero attached hydrogens (tertiary/aromatic N) is 3. The Balaban J connectivity index is 2.01. The van der Waals surface area contributed by atoms with Gasteiger partial charge in [-0.15, -0.1) is 0 Å². The fourth-order valence-corrected chi connectivity index (χ4v) is 4.25. The standard InChI is InChI=1S/C20H20Cl2N4O2/c1-27-14-9-15(28-2)19(22)17(18(14)21)13-7-11-10-24-16(23)8-12(11)20(25-13)26-5-3-4-6-26/h7-10H,3-6H2,1-2H3,(H2,23,24). The predicted molar refractivity (Wildman–Crippen MR) is 114 cm³/mol. The quantitative estimate of drug-likeness (QED) is 0.655. The molecule has 4 rings (SSSR count). The summed E-state index contributed by atoms with van der Waals surface area (Å²) in [5.41, 5.74) is 7.13. The number of benzene rings is 1. The molecule has 1 fully saturated rings. The van der Waals surface area contributed by atoms with Crippen molar-refractivity contribution >= 4 is 45.6 Å². The topological polar surface area (TPSA) is 73.5 Å². The van der Waals surface area contributed by atoms with Crippen LogP contribution in [0.5, 0.6) is 11.5 Å². The molecule has 8 heteroatoms. The van der Waals surface area contributed by atoms with Crippen LogP contribution in [0.2, 0.25) is 10.0 Å². The van der Waals surface area contributed by atoms with Gasteiger partial charge in [0.05, 0.1) is 30.0 Å². The Labute approximate surface area is 173 Å². The van der Waals surface area contributed by atoms with Crippen molar-refractivity contribution in [3.63, 3.8) is 0 Å². The van der Waals surface area contributed by atoms with Gasteiger partial charge in [0.1, 0.15) is 23.1 Å². The number of aromatic nitrogens is 2. The minimum Gasteiger partial charge on any atom is -0.495 e. The molecule has 0 unspecified atom stereocenters. The largest absolute Gasteiger partial charge is 0.495 e. The van der Waals surface area contributed by atoms with Crippen LogP contribution in [0.1, 0.15) is 12.8 Å². The number of pyridine rings is 2. The van der Waals surface area contributed by atoms with Crippen LogP contribution in [0.25, 0.3) is 22.0 Å². The molecule has 146 valence electrons. The molecule has 0 amide bonds. The van der Waals surface area contributed by atoms with Gasteiger partial charge in [0.15, 0.2) is 0 Å². The van der Waals surface area contributed by atoms with Crippen LogP contribution >= 0.6 is 23.2 Å². The number of halogens is 2. The Morgan fingerprint density at radius 1 is 1.00 bits per heavy atom. The molecule has 3 aromatic rings. The van der Waals surface area contributed by atoms with Crippen molar-refractivity contribution in [2.24, 2.45) is 0 Å². The number of fused-ring (bicyclic) bond motifs is 1. The number of hydrogen-bond acceptors (Lipinski definition) is 6. The average molecular weight is 419 g/mol. The summed E-state index contributed by atoms with van der Waals surface area (Å²) in [5.74, 6) is 2.26. The number of methoxy groups -OCH3 is 2. The second-order valence-corrected chi connectivity index (χ2v) is 7.40. The molecule has 28 heavy (non-hydrogen) atoms. The SMILES string of the molecule is COc1cc(OC)c(Cl)c(-c2cc3cnc(N)cc3c(N3CCCC3)n2)c1Cl. The fourth-order valence-electron chi connectivity index (χ4n) is 3.55. The molecule has 3 heterocycles. The Morgan fingerprint density at radius 2 is 1.64 bits per heavy atom. The summed E-state index contributed by atoms with van der Waals surface area (Å²) >= 11 is 13.2. The molecule has 1 aliphatic heterocycles. The number of anilines is 2. The van der Waals surface area contributed by atoms with Gasteiger partial charge >= 0.3 is 0 Å². The van der Waals surface area contributed by atoms with Gasteiger partial charge in [-0.25, -0.2) is 9.97 Å². The van der Waals surface area contributed by atoms with E-state index in [0.29, 0.717) is 38.6 Å². The minimum atomic E-state index is 0.385. The Bertz CT molecular complexity index is 1020. The lowest BCUT2D eigenvalue weighted by molar-refractivity contribution is 0.395. The number of ether oxygens (including phenoxy) is 2. The first-order chi connectivity index (χ1) is 13.5. The van der Waals surface area contributed by atoms with Crippen LogP contribution in [0.4, 0.5) is 11.6 Å². The maximum atomic E-state index is 6.61. The first-order valence-electron chi connectivity index (χ1n) is 8.95. The van der Waals surface area contributed by atoms with Gasteiger partial charge in [-0.05, 0) is 25.0 Å². The van der Waals surface area contributed by atoms with Crippen molar-refractivity contribution in [1.82, 2.24) is 9.97 Å². The van der Waals surface area contributed by atoms with E-state index < -0.39 is 0 Å². The summed E-state index contributed by atoms with van der Waals surface area (Å²) in [6.45, 7) is 1.88. The molecule has 6 nitrogen and oxygen atoms in total. The van der Waals surface area contributed by atoms with Crippen LogP contribution in [-0.2, 0) is 0 Å². The van der Waals surface area contributed by atoms with Crippen LogP contribution in [0.3, 0.4) is 0 Å². The van der Waals surface area contributed by atoms with E-state index in [-0.39, 0.29) is 0 Å². The molecule has 0 saturated carbocycles. The van der Waals surface area contributed by atoms with Crippen LogP contribution in [0.15, 0.2) is 24.4 Å². The zero-order chi connectivity index (χ0) is 19.8. The van der Waals surface area contributed by atoms with Crippen molar-refractivity contribution in [3.8, 4) is 22.8 Å². The van der Waals surface area contributed by atoms with E-state index in [1.165, 1.54) is 0 Å². The summed E-state index contributed by atoms with van der Waals surface area (Å²) in [4.78, 5) is 11.4. The molecular weight excluding hydrogens is 399 g/mol. The minimum absolute atomic E-state index is 0.385. The lowest BCUT2D eigenvalue weighted by Crippen LogP contribution is -2.19. The number of hydrogen-bond donors (Lipinski definition) is 1. The number of nitrogens with two attached hydrogens (primary N) is 1. The van der Waals surface area contributed by atoms with E-state index in [9.17, 15) is 0 Å². The van der Waals surface area contributed by atoms with Crippen molar-refractivity contribution in [2.75, 3.05) is 37.9 Å². The number of rotatable bonds is 4. The van der Waals surface area contributed by atoms with Crippen molar-refractivity contribution < 1.29 is 9.47 Å². The van der Waals surface area contributed by atoms with E-state index >= 15 is 0 Å².